The van der Waals surface area contributed by atoms with Gasteiger partial charge in [-0.1, -0.05) is 0 Å². The lowest BCUT2D eigenvalue weighted by Crippen LogP contribution is -2.26. The summed E-state index contributed by atoms with van der Waals surface area (Å²) in [6, 6.07) is 4.89. The van der Waals surface area contributed by atoms with Crippen molar-refractivity contribution >= 4 is 11.7 Å². The number of rotatable bonds is 7. The van der Waals surface area contributed by atoms with Crippen molar-refractivity contribution in [1.29, 1.82) is 0 Å². The Hall–Kier alpha value is -3.26. The first-order valence-electron chi connectivity index (χ1n) is 10.3. The van der Waals surface area contributed by atoms with Gasteiger partial charge in [-0.25, -0.2) is 9.37 Å². The summed E-state index contributed by atoms with van der Waals surface area (Å²) in [5.41, 5.74) is 3.91. The van der Waals surface area contributed by atoms with Crippen molar-refractivity contribution in [2.75, 3.05) is 11.9 Å². The number of nitrogens with zero attached hydrogens (tertiary/aromatic N) is 3. The van der Waals surface area contributed by atoms with Crippen LogP contribution in [0.25, 0.3) is 22.3 Å². The van der Waals surface area contributed by atoms with Crippen LogP contribution in [0, 0.1) is 12.7 Å². The number of benzene rings is 1. The van der Waals surface area contributed by atoms with Crippen LogP contribution in [0.3, 0.4) is 0 Å². The molecule has 8 heteroatoms. The Balaban J connectivity index is 1.77. The molecule has 1 aromatic carbocycles. The monoisotopic (exact) mass is 423 g/mol. The number of nitrogens with one attached hydrogen (secondary N) is 2. The van der Waals surface area contributed by atoms with Gasteiger partial charge in [0.2, 0.25) is 0 Å². The number of amides is 1. The van der Waals surface area contributed by atoms with Crippen molar-refractivity contribution in [3.05, 3.63) is 53.7 Å². The summed E-state index contributed by atoms with van der Waals surface area (Å²) >= 11 is 0. The van der Waals surface area contributed by atoms with Crippen LogP contribution in [-0.4, -0.2) is 44.5 Å². The SMILES string of the molecule is Cc1cc(F)c(C(=O)NC2CC2)cc1-c1cnc(N[C@@H](C)CO)c(-c2cnn(C)c2)c1. The van der Waals surface area contributed by atoms with Gasteiger partial charge in [0.05, 0.1) is 18.4 Å². The maximum Gasteiger partial charge on any atom is 0.254 e. The van der Waals surface area contributed by atoms with Crippen molar-refractivity contribution in [2.45, 2.75) is 38.8 Å². The molecule has 3 N–H and O–H groups in total. The summed E-state index contributed by atoms with van der Waals surface area (Å²) in [6.45, 7) is 3.63. The molecule has 0 spiro atoms. The molecule has 4 rings (SSSR count). The number of carbonyl (C=O) groups is 1. The van der Waals surface area contributed by atoms with Crippen molar-refractivity contribution in [3.8, 4) is 22.3 Å². The molecule has 0 radical (unpaired) electrons. The summed E-state index contributed by atoms with van der Waals surface area (Å²) in [7, 11) is 1.83. The highest BCUT2D eigenvalue weighted by atomic mass is 19.1. The molecule has 1 fully saturated rings. The van der Waals surface area contributed by atoms with Gasteiger partial charge in [0.1, 0.15) is 11.6 Å². The highest BCUT2D eigenvalue weighted by Gasteiger charge is 2.26. The van der Waals surface area contributed by atoms with E-state index in [1.165, 1.54) is 6.07 Å². The Kier molecular flexibility index (Phi) is 5.73. The van der Waals surface area contributed by atoms with Gasteiger partial charge < -0.3 is 15.7 Å². The Morgan fingerprint density at radius 2 is 2.03 bits per heavy atom. The van der Waals surface area contributed by atoms with Gasteiger partial charge in [0.15, 0.2) is 0 Å². The van der Waals surface area contributed by atoms with Gasteiger partial charge in [-0.2, -0.15) is 5.10 Å². The summed E-state index contributed by atoms with van der Waals surface area (Å²) < 4.78 is 16.2. The number of aromatic nitrogens is 3. The molecule has 0 unspecified atom stereocenters. The van der Waals surface area contributed by atoms with Gasteiger partial charge in [0, 0.05) is 48.2 Å². The highest BCUT2D eigenvalue weighted by molar-refractivity contribution is 5.96. The Morgan fingerprint density at radius 3 is 2.68 bits per heavy atom. The second-order valence-electron chi connectivity index (χ2n) is 8.15. The van der Waals surface area contributed by atoms with Crippen LogP contribution >= 0.6 is 0 Å². The molecule has 1 amide bonds. The van der Waals surface area contributed by atoms with Crippen LogP contribution in [0.15, 0.2) is 36.8 Å². The lowest BCUT2D eigenvalue weighted by Gasteiger charge is -2.17. The van der Waals surface area contributed by atoms with E-state index in [2.05, 4.69) is 20.7 Å². The largest absolute Gasteiger partial charge is 0.394 e. The number of aliphatic hydroxyl groups excluding tert-OH is 1. The topological polar surface area (TPSA) is 92.1 Å². The maximum atomic E-state index is 14.5. The van der Waals surface area contributed by atoms with Crippen LogP contribution < -0.4 is 10.6 Å². The third-order valence-corrected chi connectivity index (χ3v) is 5.34. The minimum absolute atomic E-state index is 0.0338. The second-order valence-corrected chi connectivity index (χ2v) is 8.15. The molecule has 0 saturated heterocycles. The predicted octanol–water partition coefficient (Wildman–Crippen LogP) is 3.28. The molecule has 31 heavy (non-hydrogen) atoms. The third-order valence-electron chi connectivity index (χ3n) is 5.34. The molecular weight excluding hydrogens is 397 g/mol. The van der Waals surface area contributed by atoms with Gasteiger partial charge in [-0.15, -0.1) is 0 Å². The van der Waals surface area contributed by atoms with E-state index in [1.54, 1.807) is 23.1 Å². The average Bonchev–Trinajstić information content (AvgIpc) is 3.45. The molecular formula is C23H26FN5O2. The van der Waals surface area contributed by atoms with E-state index in [9.17, 15) is 14.3 Å². The zero-order chi connectivity index (χ0) is 22.1. The lowest BCUT2D eigenvalue weighted by atomic mass is 9.96. The van der Waals surface area contributed by atoms with Crippen LogP contribution in [0.2, 0.25) is 0 Å². The molecule has 1 aliphatic carbocycles. The smallest absolute Gasteiger partial charge is 0.254 e. The standard InChI is InChI=1S/C23H26FN5O2/c1-13-6-21(24)20(23(31)28-17-4-5-17)8-18(13)15-7-19(16-10-26-29(3)11-16)22(25-9-15)27-14(2)12-30/h6-11,14,17,30H,4-5,12H2,1-3H3,(H,25,27)(H,28,31)/t14-/m0/s1. The highest BCUT2D eigenvalue weighted by Crippen LogP contribution is 2.33. The Morgan fingerprint density at radius 1 is 1.26 bits per heavy atom. The van der Waals surface area contributed by atoms with E-state index in [4.69, 9.17) is 0 Å². The van der Waals surface area contributed by atoms with E-state index >= 15 is 0 Å². The number of aliphatic hydroxyl groups is 1. The van der Waals surface area contributed by atoms with Crippen molar-refractivity contribution in [2.24, 2.45) is 7.05 Å². The van der Waals surface area contributed by atoms with E-state index in [0.717, 1.165) is 35.1 Å². The van der Waals surface area contributed by atoms with Gasteiger partial charge >= 0.3 is 0 Å². The summed E-state index contributed by atoms with van der Waals surface area (Å²) in [6.07, 6.45) is 7.18. The average molecular weight is 423 g/mol. The van der Waals surface area contributed by atoms with Gasteiger partial charge in [-0.3, -0.25) is 9.48 Å². The number of hydrogen-bond donors (Lipinski definition) is 3. The molecule has 0 bridgehead atoms. The van der Waals surface area contributed by atoms with Crippen molar-refractivity contribution in [1.82, 2.24) is 20.1 Å². The summed E-state index contributed by atoms with van der Waals surface area (Å²) in [4.78, 5) is 17.1. The van der Waals surface area contributed by atoms with E-state index in [0.29, 0.717) is 11.4 Å². The minimum atomic E-state index is -0.533. The first-order valence-corrected chi connectivity index (χ1v) is 10.3. The number of pyridine rings is 1. The maximum absolute atomic E-state index is 14.5. The zero-order valence-corrected chi connectivity index (χ0v) is 17.8. The normalized spacial score (nSPS) is 14.4. The molecule has 2 aromatic heterocycles. The predicted molar refractivity (Wildman–Crippen MR) is 117 cm³/mol. The van der Waals surface area contributed by atoms with Gasteiger partial charge in [0.25, 0.3) is 5.91 Å². The van der Waals surface area contributed by atoms with Gasteiger partial charge in [-0.05, 0) is 56.0 Å². The van der Waals surface area contributed by atoms with Crippen LogP contribution in [-0.2, 0) is 7.05 Å². The van der Waals surface area contributed by atoms with Crippen molar-refractivity contribution < 1.29 is 14.3 Å². The van der Waals surface area contributed by atoms with E-state index in [-0.39, 0.29) is 24.3 Å². The number of halogens is 1. The minimum Gasteiger partial charge on any atom is -0.394 e. The van der Waals surface area contributed by atoms with Crippen LogP contribution in [0.5, 0.6) is 0 Å². The third kappa shape index (κ3) is 4.59. The number of aryl methyl sites for hydroxylation is 2. The molecule has 3 aromatic rings. The molecule has 0 aliphatic heterocycles. The molecule has 162 valence electrons. The van der Waals surface area contributed by atoms with Crippen LogP contribution in [0.1, 0.15) is 35.7 Å². The fourth-order valence-corrected chi connectivity index (χ4v) is 3.44. The first-order chi connectivity index (χ1) is 14.9. The molecule has 1 aliphatic rings. The van der Waals surface area contributed by atoms with Crippen molar-refractivity contribution in [3.63, 3.8) is 0 Å². The molecule has 1 atom stereocenters. The van der Waals surface area contributed by atoms with E-state index in [1.807, 2.05) is 33.2 Å². The molecule has 2 heterocycles. The molecule has 7 nitrogen and oxygen atoms in total. The van der Waals surface area contributed by atoms with E-state index < -0.39 is 11.7 Å². The lowest BCUT2D eigenvalue weighted by molar-refractivity contribution is 0.0947. The quantitative estimate of drug-likeness (QED) is 0.542. The summed E-state index contributed by atoms with van der Waals surface area (Å²) in [5.74, 6) is -0.309. The fraction of sp³-hybridized carbons (Fsp3) is 0.348. The molecule has 1 saturated carbocycles. The number of hydrogen-bond acceptors (Lipinski definition) is 5. The first kappa shape index (κ1) is 21.0. The van der Waals surface area contributed by atoms with Crippen LogP contribution in [0.4, 0.5) is 10.2 Å². The second kappa shape index (κ2) is 8.47. The Bertz CT molecular complexity index is 1120. The number of anilines is 1. The fourth-order valence-electron chi connectivity index (χ4n) is 3.44. The Labute approximate surface area is 180 Å². The zero-order valence-electron chi connectivity index (χ0n) is 17.8. The summed E-state index contributed by atoms with van der Waals surface area (Å²) in [5, 5.41) is 19.7. The number of carbonyl (C=O) groups excluding carboxylic acids is 1.